The zero-order valence-electron chi connectivity index (χ0n) is 12.8. The lowest BCUT2D eigenvalue weighted by Gasteiger charge is -2.08. The number of hydrogen-bond donors (Lipinski definition) is 2. The average Bonchev–Trinajstić information content (AvgIpc) is 2.55. The third kappa shape index (κ3) is 4.81. The second-order valence-electron chi connectivity index (χ2n) is 4.95. The number of carbonyl (C=O) groups is 2. The minimum atomic E-state index is -0.851. The van der Waals surface area contributed by atoms with Gasteiger partial charge in [0.25, 0.3) is 5.91 Å². The zero-order chi connectivity index (χ0) is 16.7. The van der Waals surface area contributed by atoms with Gasteiger partial charge in [-0.05, 0) is 29.7 Å². The van der Waals surface area contributed by atoms with Gasteiger partial charge in [0.2, 0.25) is 5.88 Å². The van der Waals surface area contributed by atoms with Gasteiger partial charge in [0, 0.05) is 12.7 Å². The molecule has 0 radical (unpaired) electrons. The molecule has 2 rings (SSSR count). The smallest absolute Gasteiger partial charge is 0.307 e. The summed E-state index contributed by atoms with van der Waals surface area (Å²) < 4.78 is 5.06. The van der Waals surface area contributed by atoms with Crippen molar-refractivity contribution >= 4 is 11.9 Å². The summed E-state index contributed by atoms with van der Waals surface area (Å²) in [5.74, 6) is -0.795. The van der Waals surface area contributed by atoms with E-state index in [-0.39, 0.29) is 12.3 Å². The van der Waals surface area contributed by atoms with Crippen LogP contribution in [-0.4, -0.2) is 35.6 Å². The van der Waals surface area contributed by atoms with E-state index >= 15 is 0 Å². The van der Waals surface area contributed by atoms with E-state index < -0.39 is 5.97 Å². The maximum Gasteiger partial charge on any atom is 0.307 e. The Morgan fingerprint density at radius 2 is 1.87 bits per heavy atom. The predicted octanol–water partition coefficient (Wildman–Crippen LogP) is 1.69. The van der Waals surface area contributed by atoms with Gasteiger partial charge in [0.15, 0.2) is 0 Å². The standard InChI is InChI=1S/C17H18N2O4/c1-23-17-14(3-2-9-19-17)16(22)18-10-8-12-4-6-13(7-5-12)11-15(20)21/h2-7,9H,8,10-11H2,1H3,(H,18,22)(H,20,21). The van der Waals surface area contributed by atoms with Crippen LogP contribution in [0.1, 0.15) is 21.5 Å². The van der Waals surface area contributed by atoms with Crippen molar-refractivity contribution in [3.63, 3.8) is 0 Å². The van der Waals surface area contributed by atoms with Gasteiger partial charge in [-0.15, -0.1) is 0 Å². The summed E-state index contributed by atoms with van der Waals surface area (Å²) in [6.07, 6.45) is 2.23. The molecule has 0 bridgehead atoms. The van der Waals surface area contributed by atoms with Crippen molar-refractivity contribution in [2.75, 3.05) is 13.7 Å². The predicted molar refractivity (Wildman–Crippen MR) is 84.6 cm³/mol. The first-order chi connectivity index (χ1) is 11.1. The van der Waals surface area contributed by atoms with Crippen molar-refractivity contribution in [2.24, 2.45) is 0 Å². The van der Waals surface area contributed by atoms with Gasteiger partial charge in [-0.25, -0.2) is 4.98 Å². The summed E-state index contributed by atoms with van der Waals surface area (Å²) in [5, 5.41) is 11.5. The molecule has 0 saturated carbocycles. The number of ether oxygens (including phenoxy) is 1. The lowest BCUT2D eigenvalue weighted by molar-refractivity contribution is -0.136. The molecule has 0 atom stereocenters. The van der Waals surface area contributed by atoms with E-state index in [1.807, 2.05) is 12.1 Å². The minimum absolute atomic E-state index is 0.0117. The monoisotopic (exact) mass is 314 g/mol. The summed E-state index contributed by atoms with van der Waals surface area (Å²) in [6.45, 7) is 0.467. The number of nitrogens with zero attached hydrogens (tertiary/aromatic N) is 1. The molecule has 2 aromatic rings. The Bertz CT molecular complexity index is 683. The number of hydrogen-bond acceptors (Lipinski definition) is 4. The molecule has 2 N–H and O–H groups in total. The molecule has 1 amide bonds. The molecule has 6 nitrogen and oxygen atoms in total. The van der Waals surface area contributed by atoms with Crippen molar-refractivity contribution in [3.05, 3.63) is 59.3 Å². The van der Waals surface area contributed by atoms with Crippen LogP contribution >= 0.6 is 0 Å². The first kappa shape index (κ1) is 16.5. The molecule has 0 unspecified atom stereocenters. The van der Waals surface area contributed by atoms with Gasteiger partial charge in [-0.2, -0.15) is 0 Å². The van der Waals surface area contributed by atoms with E-state index in [9.17, 15) is 9.59 Å². The SMILES string of the molecule is COc1ncccc1C(=O)NCCc1ccc(CC(=O)O)cc1. The zero-order valence-corrected chi connectivity index (χ0v) is 12.8. The molecule has 23 heavy (non-hydrogen) atoms. The quantitative estimate of drug-likeness (QED) is 0.812. The Morgan fingerprint density at radius 1 is 1.17 bits per heavy atom. The first-order valence-corrected chi connectivity index (χ1v) is 7.17. The summed E-state index contributed by atoms with van der Waals surface area (Å²) in [5.41, 5.74) is 2.18. The Kier molecular flexibility index (Phi) is 5.68. The lowest BCUT2D eigenvalue weighted by atomic mass is 10.1. The minimum Gasteiger partial charge on any atom is -0.481 e. The van der Waals surface area contributed by atoms with Crippen LogP contribution in [0.4, 0.5) is 0 Å². The molecular formula is C17H18N2O4. The van der Waals surface area contributed by atoms with E-state index in [1.165, 1.54) is 7.11 Å². The number of pyridine rings is 1. The van der Waals surface area contributed by atoms with Crippen LogP contribution in [0, 0.1) is 0 Å². The van der Waals surface area contributed by atoms with Crippen LogP contribution in [-0.2, 0) is 17.6 Å². The summed E-state index contributed by atoms with van der Waals surface area (Å²) in [4.78, 5) is 26.7. The highest BCUT2D eigenvalue weighted by Crippen LogP contribution is 2.13. The topological polar surface area (TPSA) is 88.5 Å². The fourth-order valence-corrected chi connectivity index (χ4v) is 2.14. The molecule has 6 heteroatoms. The van der Waals surface area contributed by atoms with Crippen molar-refractivity contribution in [3.8, 4) is 5.88 Å². The second-order valence-corrected chi connectivity index (χ2v) is 4.95. The highest BCUT2D eigenvalue weighted by Gasteiger charge is 2.11. The number of nitrogens with one attached hydrogen (secondary N) is 1. The molecular weight excluding hydrogens is 296 g/mol. The van der Waals surface area contributed by atoms with Crippen LogP contribution in [0.15, 0.2) is 42.6 Å². The van der Waals surface area contributed by atoms with Gasteiger partial charge >= 0.3 is 5.97 Å². The highest BCUT2D eigenvalue weighted by molar-refractivity contribution is 5.96. The number of methoxy groups -OCH3 is 1. The molecule has 1 aromatic carbocycles. The third-order valence-electron chi connectivity index (χ3n) is 3.29. The molecule has 0 aliphatic carbocycles. The average molecular weight is 314 g/mol. The number of aromatic nitrogens is 1. The highest BCUT2D eigenvalue weighted by atomic mass is 16.5. The van der Waals surface area contributed by atoms with E-state index in [2.05, 4.69) is 10.3 Å². The molecule has 0 aliphatic rings. The molecule has 1 aromatic heterocycles. The molecule has 1 heterocycles. The maximum absolute atomic E-state index is 12.1. The molecule has 0 spiro atoms. The Hall–Kier alpha value is -2.89. The Balaban J connectivity index is 1.87. The van der Waals surface area contributed by atoms with Crippen LogP contribution in [0.2, 0.25) is 0 Å². The van der Waals surface area contributed by atoms with Gasteiger partial charge in [-0.3, -0.25) is 9.59 Å². The summed E-state index contributed by atoms with van der Waals surface area (Å²) in [6, 6.07) is 10.6. The fraction of sp³-hybridized carbons (Fsp3) is 0.235. The number of amides is 1. The molecule has 0 aliphatic heterocycles. The summed E-state index contributed by atoms with van der Waals surface area (Å²) >= 11 is 0. The number of rotatable bonds is 7. The normalized spacial score (nSPS) is 10.1. The van der Waals surface area contributed by atoms with Gasteiger partial charge < -0.3 is 15.2 Å². The Morgan fingerprint density at radius 3 is 2.52 bits per heavy atom. The fourth-order valence-electron chi connectivity index (χ4n) is 2.14. The second kappa shape index (κ2) is 7.93. The van der Waals surface area contributed by atoms with Crippen molar-refractivity contribution in [2.45, 2.75) is 12.8 Å². The Labute approximate surface area is 134 Å². The number of carbonyl (C=O) groups excluding carboxylic acids is 1. The van der Waals surface area contributed by atoms with Gasteiger partial charge in [0.1, 0.15) is 5.56 Å². The van der Waals surface area contributed by atoms with Crippen molar-refractivity contribution in [1.29, 1.82) is 0 Å². The first-order valence-electron chi connectivity index (χ1n) is 7.17. The molecule has 120 valence electrons. The van der Waals surface area contributed by atoms with E-state index in [1.54, 1.807) is 30.5 Å². The molecule has 0 fully saturated rings. The van der Waals surface area contributed by atoms with Crippen LogP contribution in [0.5, 0.6) is 5.88 Å². The number of benzene rings is 1. The number of carboxylic acids is 1. The lowest BCUT2D eigenvalue weighted by Crippen LogP contribution is -2.26. The largest absolute Gasteiger partial charge is 0.481 e. The van der Waals surface area contributed by atoms with Crippen LogP contribution < -0.4 is 10.1 Å². The van der Waals surface area contributed by atoms with Gasteiger partial charge in [0.05, 0.1) is 13.5 Å². The van der Waals surface area contributed by atoms with Crippen LogP contribution in [0.25, 0.3) is 0 Å². The molecule has 0 saturated heterocycles. The number of aliphatic carboxylic acids is 1. The van der Waals surface area contributed by atoms with Crippen molar-refractivity contribution in [1.82, 2.24) is 10.3 Å². The van der Waals surface area contributed by atoms with E-state index in [4.69, 9.17) is 9.84 Å². The maximum atomic E-state index is 12.1. The number of carboxylic acid groups (broad SMARTS) is 1. The van der Waals surface area contributed by atoms with E-state index in [0.29, 0.717) is 24.4 Å². The van der Waals surface area contributed by atoms with Gasteiger partial charge in [-0.1, -0.05) is 24.3 Å². The summed E-state index contributed by atoms with van der Waals surface area (Å²) in [7, 11) is 1.47. The van der Waals surface area contributed by atoms with Crippen molar-refractivity contribution < 1.29 is 19.4 Å². The van der Waals surface area contributed by atoms with Crippen LogP contribution in [0.3, 0.4) is 0 Å². The third-order valence-corrected chi connectivity index (χ3v) is 3.29. The van der Waals surface area contributed by atoms with E-state index in [0.717, 1.165) is 11.1 Å².